The molecule has 2 aromatic rings. The highest BCUT2D eigenvalue weighted by Gasteiger charge is 2.10. The molecule has 3 heteroatoms. The van der Waals surface area contributed by atoms with Gasteiger partial charge in [-0.25, -0.2) is 9.78 Å². The molecule has 0 aliphatic heterocycles. The van der Waals surface area contributed by atoms with E-state index in [1.807, 2.05) is 26.0 Å². The summed E-state index contributed by atoms with van der Waals surface area (Å²) in [5.74, 6) is 0.142. The van der Waals surface area contributed by atoms with Crippen LogP contribution in [0.25, 0.3) is 0 Å². The van der Waals surface area contributed by atoms with Crippen molar-refractivity contribution in [1.29, 1.82) is 0 Å². The molecule has 0 amide bonds. The lowest BCUT2D eigenvalue weighted by molar-refractivity contribution is 0.0727. The maximum Gasteiger partial charge on any atom is 0.362 e. The van der Waals surface area contributed by atoms with Gasteiger partial charge in [-0.05, 0) is 37.6 Å². The number of hydrogen-bond acceptors (Lipinski definition) is 3. The highest BCUT2D eigenvalue weighted by Crippen LogP contribution is 2.19. The van der Waals surface area contributed by atoms with E-state index in [2.05, 4.69) is 4.98 Å². The Labute approximate surface area is 100 Å². The summed E-state index contributed by atoms with van der Waals surface area (Å²) in [4.78, 5) is 15.7. The average Bonchev–Trinajstić information content (AvgIpc) is 2.34. The number of carbonyl (C=O) groups excluding carboxylic acids is 1. The molecule has 1 heterocycles. The summed E-state index contributed by atoms with van der Waals surface area (Å²) in [6, 6.07) is 10.8. The highest BCUT2D eigenvalue weighted by atomic mass is 16.5. The quantitative estimate of drug-likeness (QED) is 0.585. The fraction of sp³-hybridized carbons (Fsp3) is 0.143. The molecule has 0 aliphatic carbocycles. The van der Waals surface area contributed by atoms with E-state index in [-0.39, 0.29) is 0 Å². The van der Waals surface area contributed by atoms with Crippen molar-refractivity contribution in [2.75, 3.05) is 0 Å². The Kier molecular flexibility index (Phi) is 3.19. The number of esters is 1. The summed E-state index contributed by atoms with van der Waals surface area (Å²) in [6.07, 6.45) is 1.57. The van der Waals surface area contributed by atoms with Crippen LogP contribution in [0.1, 0.15) is 21.6 Å². The molecule has 0 saturated heterocycles. The van der Waals surface area contributed by atoms with E-state index in [4.69, 9.17) is 4.74 Å². The summed E-state index contributed by atoms with van der Waals surface area (Å²) in [6.45, 7) is 3.91. The summed E-state index contributed by atoms with van der Waals surface area (Å²) in [5, 5.41) is 0. The minimum Gasteiger partial charge on any atom is -0.422 e. The smallest absolute Gasteiger partial charge is 0.362 e. The molecule has 0 aliphatic rings. The van der Waals surface area contributed by atoms with Crippen molar-refractivity contribution in [2.45, 2.75) is 13.8 Å². The second kappa shape index (κ2) is 4.78. The molecule has 0 bridgehead atoms. The second-order valence-corrected chi connectivity index (χ2v) is 3.87. The Balaban J connectivity index is 2.19. The third-order valence-electron chi connectivity index (χ3n) is 2.41. The van der Waals surface area contributed by atoms with Gasteiger partial charge in [-0.1, -0.05) is 23.8 Å². The number of pyridine rings is 1. The monoisotopic (exact) mass is 227 g/mol. The number of rotatable bonds is 2. The van der Waals surface area contributed by atoms with E-state index in [1.54, 1.807) is 30.5 Å². The number of benzene rings is 1. The van der Waals surface area contributed by atoms with Crippen LogP contribution in [0.15, 0.2) is 42.6 Å². The number of aromatic nitrogens is 1. The molecule has 0 spiro atoms. The van der Waals surface area contributed by atoms with Crippen molar-refractivity contribution < 1.29 is 9.53 Å². The lowest BCUT2D eigenvalue weighted by Gasteiger charge is -2.07. The van der Waals surface area contributed by atoms with Gasteiger partial charge >= 0.3 is 5.97 Å². The number of aryl methyl sites for hydroxylation is 2. The van der Waals surface area contributed by atoms with Gasteiger partial charge in [0.2, 0.25) is 0 Å². The van der Waals surface area contributed by atoms with Gasteiger partial charge in [-0.3, -0.25) is 0 Å². The van der Waals surface area contributed by atoms with Crippen LogP contribution < -0.4 is 4.74 Å². The Morgan fingerprint density at radius 2 is 2.00 bits per heavy atom. The predicted octanol–water partition coefficient (Wildman–Crippen LogP) is 2.92. The standard InChI is InChI=1S/C14H13NO2/c1-10-6-7-13(11(2)9-10)17-14(16)12-5-3-4-8-15-12/h3-9H,1-2H3. The SMILES string of the molecule is Cc1ccc(OC(=O)c2ccccn2)c(C)c1. The van der Waals surface area contributed by atoms with Gasteiger partial charge in [0.05, 0.1) is 0 Å². The summed E-state index contributed by atoms with van der Waals surface area (Å²) < 4.78 is 5.28. The maximum atomic E-state index is 11.8. The normalized spacial score (nSPS) is 10.0. The minimum atomic E-state index is -0.433. The lowest BCUT2D eigenvalue weighted by atomic mass is 10.1. The molecule has 0 saturated carbocycles. The molecule has 86 valence electrons. The first-order chi connectivity index (χ1) is 8.16. The highest BCUT2D eigenvalue weighted by molar-refractivity contribution is 5.89. The Hall–Kier alpha value is -2.16. The zero-order chi connectivity index (χ0) is 12.3. The third-order valence-corrected chi connectivity index (χ3v) is 2.41. The van der Waals surface area contributed by atoms with E-state index in [0.717, 1.165) is 11.1 Å². The van der Waals surface area contributed by atoms with Crippen LogP contribution in [0.2, 0.25) is 0 Å². The Bertz CT molecular complexity index is 535. The van der Waals surface area contributed by atoms with Crippen molar-refractivity contribution in [3.63, 3.8) is 0 Å². The van der Waals surface area contributed by atoms with Crippen LogP contribution in [0.4, 0.5) is 0 Å². The van der Waals surface area contributed by atoms with E-state index in [9.17, 15) is 4.79 Å². The zero-order valence-corrected chi connectivity index (χ0v) is 9.81. The van der Waals surface area contributed by atoms with Gasteiger partial charge in [0.25, 0.3) is 0 Å². The Morgan fingerprint density at radius 1 is 1.18 bits per heavy atom. The van der Waals surface area contributed by atoms with Crippen molar-refractivity contribution >= 4 is 5.97 Å². The van der Waals surface area contributed by atoms with Crippen molar-refractivity contribution in [3.05, 3.63) is 59.4 Å². The van der Waals surface area contributed by atoms with Crippen LogP contribution in [-0.2, 0) is 0 Å². The first-order valence-electron chi connectivity index (χ1n) is 5.37. The van der Waals surface area contributed by atoms with Gasteiger partial charge < -0.3 is 4.74 Å². The molecule has 0 fully saturated rings. The fourth-order valence-corrected chi connectivity index (χ4v) is 1.55. The molecule has 1 aromatic carbocycles. The molecular formula is C14H13NO2. The average molecular weight is 227 g/mol. The fourth-order valence-electron chi connectivity index (χ4n) is 1.55. The van der Waals surface area contributed by atoms with Crippen LogP contribution in [0.5, 0.6) is 5.75 Å². The molecule has 0 atom stereocenters. The van der Waals surface area contributed by atoms with Gasteiger partial charge in [0.1, 0.15) is 11.4 Å². The zero-order valence-electron chi connectivity index (χ0n) is 9.81. The molecule has 1 aromatic heterocycles. The Morgan fingerprint density at radius 3 is 2.65 bits per heavy atom. The van der Waals surface area contributed by atoms with Gasteiger partial charge in [-0.15, -0.1) is 0 Å². The molecule has 2 rings (SSSR count). The van der Waals surface area contributed by atoms with Crippen molar-refractivity contribution in [3.8, 4) is 5.75 Å². The van der Waals surface area contributed by atoms with E-state index >= 15 is 0 Å². The topological polar surface area (TPSA) is 39.2 Å². The third kappa shape index (κ3) is 2.69. The largest absolute Gasteiger partial charge is 0.422 e. The summed E-state index contributed by atoms with van der Waals surface area (Å²) in [7, 11) is 0. The second-order valence-electron chi connectivity index (χ2n) is 3.87. The number of hydrogen-bond donors (Lipinski definition) is 0. The van der Waals surface area contributed by atoms with Crippen LogP contribution in [0, 0.1) is 13.8 Å². The van der Waals surface area contributed by atoms with Crippen molar-refractivity contribution in [1.82, 2.24) is 4.98 Å². The minimum absolute atomic E-state index is 0.312. The number of nitrogens with zero attached hydrogens (tertiary/aromatic N) is 1. The van der Waals surface area contributed by atoms with Gasteiger partial charge in [-0.2, -0.15) is 0 Å². The van der Waals surface area contributed by atoms with Crippen LogP contribution in [-0.4, -0.2) is 11.0 Å². The van der Waals surface area contributed by atoms with Crippen molar-refractivity contribution in [2.24, 2.45) is 0 Å². The summed E-state index contributed by atoms with van der Waals surface area (Å²) >= 11 is 0. The maximum absolute atomic E-state index is 11.8. The first-order valence-corrected chi connectivity index (χ1v) is 5.37. The molecule has 3 nitrogen and oxygen atoms in total. The van der Waals surface area contributed by atoms with E-state index in [0.29, 0.717) is 11.4 Å². The molecular weight excluding hydrogens is 214 g/mol. The van der Waals surface area contributed by atoms with Crippen LogP contribution >= 0.6 is 0 Å². The predicted molar refractivity (Wildman–Crippen MR) is 65.1 cm³/mol. The van der Waals surface area contributed by atoms with Gasteiger partial charge in [0, 0.05) is 6.20 Å². The first kappa shape index (κ1) is 11.3. The molecule has 0 unspecified atom stereocenters. The summed E-state index contributed by atoms with van der Waals surface area (Å²) in [5.41, 5.74) is 2.39. The molecule has 0 N–H and O–H groups in total. The van der Waals surface area contributed by atoms with E-state index in [1.165, 1.54) is 0 Å². The molecule has 0 radical (unpaired) electrons. The molecule has 17 heavy (non-hydrogen) atoms. The number of ether oxygens (including phenoxy) is 1. The van der Waals surface area contributed by atoms with E-state index < -0.39 is 5.97 Å². The number of carbonyl (C=O) groups is 1. The van der Waals surface area contributed by atoms with Gasteiger partial charge in [0.15, 0.2) is 0 Å². The lowest BCUT2D eigenvalue weighted by Crippen LogP contribution is -2.10. The van der Waals surface area contributed by atoms with Crippen LogP contribution in [0.3, 0.4) is 0 Å².